The van der Waals surface area contributed by atoms with E-state index in [0.29, 0.717) is 5.69 Å². The molecular weight excluding hydrogens is 330 g/mol. The molecule has 1 aromatic carbocycles. The van der Waals surface area contributed by atoms with E-state index in [4.69, 9.17) is 0 Å². The maximum atomic E-state index is 12.3. The minimum atomic E-state index is -0.0554. The maximum Gasteiger partial charge on any atom is 0.270 e. The predicted molar refractivity (Wildman–Crippen MR) is 104 cm³/mol. The van der Waals surface area contributed by atoms with Crippen molar-refractivity contribution in [2.75, 3.05) is 26.7 Å². The van der Waals surface area contributed by atoms with Crippen molar-refractivity contribution in [2.45, 2.75) is 33.1 Å². The van der Waals surface area contributed by atoms with Gasteiger partial charge in [0.2, 0.25) is 0 Å². The van der Waals surface area contributed by atoms with Crippen molar-refractivity contribution in [1.82, 2.24) is 15.2 Å². The Balaban J connectivity index is 1.54. The first-order valence-electron chi connectivity index (χ1n) is 9.03. The molecule has 0 saturated carbocycles. The first-order valence-corrected chi connectivity index (χ1v) is 9.91. The zero-order valence-electron chi connectivity index (χ0n) is 15.3. The molecule has 0 aliphatic carbocycles. The average Bonchev–Trinajstić information content (AvgIpc) is 3.06. The van der Waals surface area contributed by atoms with Crippen LogP contribution in [0.4, 0.5) is 0 Å². The number of carbonyl (C=O) groups excluding carboxylic acids is 1. The second-order valence-electron chi connectivity index (χ2n) is 7.15. The number of carbonyl (C=O) groups is 1. The fraction of sp³-hybridized carbons (Fsp3) is 0.500. The summed E-state index contributed by atoms with van der Waals surface area (Å²) in [5, 5.41) is 5.81. The minimum absolute atomic E-state index is 0.0554. The highest BCUT2D eigenvalue weighted by atomic mass is 32.1. The van der Waals surface area contributed by atoms with Gasteiger partial charge < -0.3 is 10.2 Å². The van der Waals surface area contributed by atoms with Crippen LogP contribution < -0.4 is 5.32 Å². The molecular formula is C20H27N3OS. The number of nitrogens with zero attached hydrogens (tertiary/aromatic N) is 2. The summed E-state index contributed by atoms with van der Waals surface area (Å²) in [6.45, 7) is 7.25. The SMILES string of the molecule is Cc1ccc(-c2nc(C(=O)NCCC3CCN(C)CC3)cs2)c(C)c1. The van der Waals surface area contributed by atoms with Crippen molar-refractivity contribution in [3.63, 3.8) is 0 Å². The van der Waals surface area contributed by atoms with Crippen molar-refractivity contribution < 1.29 is 4.79 Å². The second kappa shape index (κ2) is 8.11. The molecule has 1 aromatic heterocycles. The third-order valence-corrected chi connectivity index (χ3v) is 5.90. The van der Waals surface area contributed by atoms with Gasteiger partial charge in [-0.1, -0.05) is 23.8 Å². The Morgan fingerprint density at radius 2 is 2.08 bits per heavy atom. The van der Waals surface area contributed by atoms with E-state index < -0.39 is 0 Å². The summed E-state index contributed by atoms with van der Waals surface area (Å²) in [6, 6.07) is 6.33. The van der Waals surface area contributed by atoms with E-state index in [-0.39, 0.29) is 5.91 Å². The summed E-state index contributed by atoms with van der Waals surface area (Å²) in [5.41, 5.74) is 4.08. The molecule has 3 rings (SSSR count). The molecule has 25 heavy (non-hydrogen) atoms. The van der Waals surface area contributed by atoms with Crippen LogP contribution in [-0.4, -0.2) is 42.5 Å². The van der Waals surface area contributed by atoms with Crippen LogP contribution in [0.25, 0.3) is 10.6 Å². The highest BCUT2D eigenvalue weighted by Gasteiger charge is 2.17. The molecule has 0 unspecified atom stereocenters. The lowest BCUT2D eigenvalue weighted by atomic mass is 9.94. The van der Waals surface area contributed by atoms with Gasteiger partial charge in [-0.25, -0.2) is 4.98 Å². The van der Waals surface area contributed by atoms with Crippen LogP contribution in [-0.2, 0) is 0 Å². The Labute approximate surface area is 154 Å². The largest absolute Gasteiger partial charge is 0.351 e. The number of thiazole rings is 1. The van der Waals surface area contributed by atoms with Crippen LogP contribution in [0.2, 0.25) is 0 Å². The van der Waals surface area contributed by atoms with Crippen molar-refractivity contribution in [3.8, 4) is 10.6 Å². The lowest BCUT2D eigenvalue weighted by Crippen LogP contribution is -2.32. The number of likely N-dealkylation sites (tertiary alicyclic amines) is 1. The summed E-state index contributed by atoms with van der Waals surface area (Å²) < 4.78 is 0. The highest BCUT2D eigenvalue weighted by molar-refractivity contribution is 7.13. The van der Waals surface area contributed by atoms with E-state index in [1.807, 2.05) is 5.38 Å². The van der Waals surface area contributed by atoms with Crippen LogP contribution >= 0.6 is 11.3 Å². The smallest absolute Gasteiger partial charge is 0.270 e. The van der Waals surface area contributed by atoms with Gasteiger partial charge in [0.15, 0.2) is 0 Å². The normalized spacial score (nSPS) is 16.1. The van der Waals surface area contributed by atoms with Gasteiger partial charge in [-0.2, -0.15) is 0 Å². The topological polar surface area (TPSA) is 45.2 Å². The summed E-state index contributed by atoms with van der Waals surface area (Å²) in [7, 11) is 2.17. The number of amides is 1. The molecule has 0 radical (unpaired) electrons. The van der Waals surface area contributed by atoms with Crippen molar-refractivity contribution in [1.29, 1.82) is 0 Å². The van der Waals surface area contributed by atoms with E-state index in [0.717, 1.165) is 29.5 Å². The Hall–Kier alpha value is -1.72. The van der Waals surface area contributed by atoms with Crippen molar-refractivity contribution >= 4 is 17.2 Å². The molecule has 1 fully saturated rings. The first kappa shape index (κ1) is 18.1. The van der Waals surface area contributed by atoms with E-state index >= 15 is 0 Å². The van der Waals surface area contributed by atoms with Gasteiger partial charge in [0.05, 0.1) is 0 Å². The number of aryl methyl sites for hydroxylation is 2. The molecule has 1 amide bonds. The lowest BCUT2D eigenvalue weighted by Gasteiger charge is -2.28. The van der Waals surface area contributed by atoms with Crippen LogP contribution in [0.1, 0.15) is 40.9 Å². The molecule has 1 aliphatic heterocycles. The molecule has 134 valence electrons. The van der Waals surface area contributed by atoms with Gasteiger partial charge >= 0.3 is 0 Å². The van der Waals surface area contributed by atoms with E-state index in [2.05, 4.69) is 54.3 Å². The van der Waals surface area contributed by atoms with Crippen molar-refractivity contribution in [2.24, 2.45) is 5.92 Å². The Morgan fingerprint density at radius 3 is 2.80 bits per heavy atom. The van der Waals surface area contributed by atoms with Crippen LogP contribution in [0.3, 0.4) is 0 Å². The third-order valence-electron chi connectivity index (χ3n) is 5.03. The van der Waals surface area contributed by atoms with Gasteiger partial charge in [-0.15, -0.1) is 11.3 Å². The molecule has 4 nitrogen and oxygen atoms in total. The molecule has 0 atom stereocenters. The molecule has 2 heterocycles. The molecule has 5 heteroatoms. The Kier molecular flexibility index (Phi) is 5.86. The fourth-order valence-electron chi connectivity index (χ4n) is 3.39. The van der Waals surface area contributed by atoms with E-state index in [1.165, 1.54) is 48.4 Å². The van der Waals surface area contributed by atoms with E-state index in [1.54, 1.807) is 0 Å². The maximum absolute atomic E-state index is 12.3. The quantitative estimate of drug-likeness (QED) is 0.883. The number of aromatic nitrogens is 1. The molecule has 1 N–H and O–H groups in total. The molecule has 1 aliphatic rings. The molecule has 0 bridgehead atoms. The standard InChI is InChI=1S/C20H27N3OS/c1-14-4-5-17(15(2)12-14)20-22-18(13-25-20)19(24)21-9-6-16-7-10-23(3)11-8-16/h4-5,12-13,16H,6-11H2,1-3H3,(H,21,24). The minimum Gasteiger partial charge on any atom is -0.351 e. The summed E-state index contributed by atoms with van der Waals surface area (Å²) in [6.07, 6.45) is 3.54. The average molecular weight is 358 g/mol. The van der Waals surface area contributed by atoms with Gasteiger partial charge in [0.1, 0.15) is 10.7 Å². The van der Waals surface area contributed by atoms with E-state index in [9.17, 15) is 4.79 Å². The van der Waals surface area contributed by atoms with Gasteiger partial charge in [-0.05, 0) is 64.7 Å². The van der Waals surface area contributed by atoms with Gasteiger partial charge in [-0.3, -0.25) is 4.79 Å². The fourth-order valence-corrected chi connectivity index (χ4v) is 4.28. The van der Waals surface area contributed by atoms with Gasteiger partial charge in [0, 0.05) is 17.5 Å². The monoisotopic (exact) mass is 357 g/mol. The summed E-state index contributed by atoms with van der Waals surface area (Å²) in [5.74, 6) is 0.679. The molecule has 2 aromatic rings. The number of nitrogens with one attached hydrogen (secondary N) is 1. The molecule has 0 spiro atoms. The zero-order chi connectivity index (χ0) is 17.8. The van der Waals surface area contributed by atoms with Crippen LogP contribution in [0, 0.1) is 19.8 Å². The van der Waals surface area contributed by atoms with Crippen LogP contribution in [0.5, 0.6) is 0 Å². The van der Waals surface area contributed by atoms with Gasteiger partial charge in [0.25, 0.3) is 5.91 Å². The first-order chi connectivity index (χ1) is 12.0. The Bertz CT molecular complexity index is 732. The number of piperidine rings is 1. The number of benzene rings is 1. The predicted octanol–water partition coefficient (Wildman–Crippen LogP) is 3.89. The van der Waals surface area contributed by atoms with Crippen molar-refractivity contribution in [3.05, 3.63) is 40.4 Å². The Morgan fingerprint density at radius 1 is 1.32 bits per heavy atom. The lowest BCUT2D eigenvalue weighted by molar-refractivity contribution is 0.0944. The third kappa shape index (κ3) is 4.67. The molecule has 1 saturated heterocycles. The summed E-state index contributed by atoms with van der Waals surface area (Å²) in [4.78, 5) is 19.3. The zero-order valence-corrected chi connectivity index (χ0v) is 16.2. The number of hydrogen-bond donors (Lipinski definition) is 1. The second-order valence-corrected chi connectivity index (χ2v) is 8.01. The number of rotatable bonds is 5. The highest BCUT2D eigenvalue weighted by Crippen LogP contribution is 2.27. The summed E-state index contributed by atoms with van der Waals surface area (Å²) >= 11 is 1.54. The van der Waals surface area contributed by atoms with Crippen LogP contribution in [0.15, 0.2) is 23.6 Å². The number of hydrogen-bond acceptors (Lipinski definition) is 4.